The van der Waals surface area contributed by atoms with Gasteiger partial charge in [-0.2, -0.15) is 18.3 Å². The van der Waals surface area contributed by atoms with Gasteiger partial charge in [0.15, 0.2) is 11.5 Å². The SMILES string of the molecule is CCC(CC)c1nn(-c2ncc(C(F)(F)F)cn2)cc1CCCOc1c(CC(=O)O)cccc1OC. The predicted molar refractivity (Wildman–Crippen MR) is 126 cm³/mol. The van der Waals surface area contributed by atoms with Crippen molar-refractivity contribution in [1.29, 1.82) is 0 Å². The molecule has 1 N–H and O–H groups in total. The number of hydrogen-bond donors (Lipinski definition) is 1. The van der Waals surface area contributed by atoms with Crippen LogP contribution in [0.2, 0.25) is 0 Å². The van der Waals surface area contributed by atoms with Gasteiger partial charge in [-0.15, -0.1) is 0 Å². The predicted octanol–water partition coefficient (Wildman–Crippen LogP) is 5.23. The Kier molecular flexibility index (Phi) is 8.89. The fraction of sp³-hybridized carbons (Fsp3) is 0.440. The average molecular weight is 507 g/mol. The third kappa shape index (κ3) is 6.52. The number of rotatable bonds is 12. The van der Waals surface area contributed by atoms with Crippen molar-refractivity contribution in [2.45, 2.75) is 58.0 Å². The molecule has 11 heteroatoms. The fourth-order valence-corrected chi connectivity index (χ4v) is 3.95. The number of aromatic nitrogens is 4. The van der Waals surface area contributed by atoms with E-state index in [-0.39, 0.29) is 18.3 Å². The molecule has 0 unspecified atom stereocenters. The summed E-state index contributed by atoms with van der Waals surface area (Å²) in [5, 5.41) is 13.8. The second-order valence-electron chi connectivity index (χ2n) is 8.24. The summed E-state index contributed by atoms with van der Waals surface area (Å²) in [4.78, 5) is 18.9. The van der Waals surface area contributed by atoms with Crippen molar-refractivity contribution >= 4 is 5.97 Å². The molecule has 3 aromatic rings. The summed E-state index contributed by atoms with van der Waals surface area (Å²) in [6.45, 7) is 4.41. The molecule has 0 fully saturated rings. The van der Waals surface area contributed by atoms with E-state index in [2.05, 4.69) is 28.9 Å². The normalized spacial score (nSPS) is 11.6. The van der Waals surface area contributed by atoms with Gasteiger partial charge in [0.1, 0.15) is 0 Å². The van der Waals surface area contributed by atoms with Crippen LogP contribution in [0.15, 0.2) is 36.8 Å². The molecule has 0 spiro atoms. The number of carboxylic acids is 1. The highest BCUT2D eigenvalue weighted by atomic mass is 19.4. The molecule has 2 heterocycles. The summed E-state index contributed by atoms with van der Waals surface area (Å²) in [6, 6.07) is 5.11. The molecular weight excluding hydrogens is 477 g/mol. The van der Waals surface area contributed by atoms with Crippen LogP contribution in [0.25, 0.3) is 5.95 Å². The van der Waals surface area contributed by atoms with E-state index in [1.54, 1.807) is 24.4 Å². The van der Waals surface area contributed by atoms with Crippen LogP contribution in [0.1, 0.15) is 61.4 Å². The molecule has 0 saturated carbocycles. The van der Waals surface area contributed by atoms with Gasteiger partial charge in [0, 0.05) is 30.1 Å². The van der Waals surface area contributed by atoms with Gasteiger partial charge < -0.3 is 14.6 Å². The zero-order chi connectivity index (χ0) is 26.3. The van der Waals surface area contributed by atoms with E-state index in [1.165, 1.54) is 11.8 Å². The minimum Gasteiger partial charge on any atom is -0.493 e. The lowest BCUT2D eigenvalue weighted by molar-refractivity contribution is -0.138. The second kappa shape index (κ2) is 11.9. The maximum atomic E-state index is 12.9. The first-order chi connectivity index (χ1) is 17.2. The van der Waals surface area contributed by atoms with E-state index in [0.717, 1.165) is 36.5 Å². The van der Waals surface area contributed by atoms with E-state index in [0.29, 0.717) is 36.5 Å². The number of halogens is 3. The Morgan fingerprint density at radius 1 is 1.14 bits per heavy atom. The van der Waals surface area contributed by atoms with Crippen molar-refractivity contribution in [3.8, 4) is 17.4 Å². The van der Waals surface area contributed by atoms with Crippen LogP contribution in [-0.4, -0.2) is 44.5 Å². The minimum atomic E-state index is -4.51. The Morgan fingerprint density at radius 2 is 1.83 bits per heavy atom. The van der Waals surface area contributed by atoms with E-state index >= 15 is 0 Å². The number of benzene rings is 1. The Balaban J connectivity index is 1.77. The standard InChI is InChI=1S/C25H29F3N4O4/c1-4-16(5-2)22-18(15-32(31-22)24-29-13-19(14-30-24)25(26,27)28)9-7-11-36-23-17(12-21(33)34)8-6-10-20(23)35-3/h6,8,10,13-16H,4-5,7,9,11-12H2,1-3H3,(H,33,34). The molecule has 0 atom stereocenters. The van der Waals surface area contributed by atoms with Crippen molar-refractivity contribution < 1.29 is 32.5 Å². The summed E-state index contributed by atoms with van der Waals surface area (Å²) in [7, 11) is 1.49. The molecule has 8 nitrogen and oxygen atoms in total. The highest BCUT2D eigenvalue weighted by molar-refractivity contribution is 5.72. The van der Waals surface area contributed by atoms with Gasteiger partial charge in [0.2, 0.25) is 5.95 Å². The first-order valence-electron chi connectivity index (χ1n) is 11.7. The Labute approximate surface area is 207 Å². The maximum Gasteiger partial charge on any atom is 0.419 e. The number of methoxy groups -OCH3 is 1. The van der Waals surface area contributed by atoms with Crippen LogP contribution in [0, 0.1) is 0 Å². The van der Waals surface area contributed by atoms with Crippen molar-refractivity contribution in [1.82, 2.24) is 19.7 Å². The Bertz CT molecular complexity index is 1160. The van der Waals surface area contributed by atoms with Crippen LogP contribution in [0.5, 0.6) is 11.5 Å². The Morgan fingerprint density at radius 3 is 2.42 bits per heavy atom. The quantitative estimate of drug-likeness (QED) is 0.336. The topological polar surface area (TPSA) is 99.4 Å². The van der Waals surface area contributed by atoms with Gasteiger partial charge in [0.05, 0.1) is 31.4 Å². The summed E-state index contributed by atoms with van der Waals surface area (Å²) in [5.41, 5.74) is 1.38. The number of ether oxygens (including phenoxy) is 2. The van der Waals surface area contributed by atoms with Crippen LogP contribution < -0.4 is 9.47 Å². The molecule has 0 amide bonds. The maximum absolute atomic E-state index is 12.9. The average Bonchev–Trinajstić information content (AvgIpc) is 3.26. The summed E-state index contributed by atoms with van der Waals surface area (Å²) in [6.07, 6.45) is 1.43. The monoisotopic (exact) mass is 506 g/mol. The van der Waals surface area contributed by atoms with E-state index < -0.39 is 17.7 Å². The molecule has 0 radical (unpaired) electrons. The number of carboxylic acid groups (broad SMARTS) is 1. The van der Waals surface area contributed by atoms with Crippen LogP contribution >= 0.6 is 0 Å². The van der Waals surface area contributed by atoms with E-state index in [4.69, 9.17) is 9.47 Å². The van der Waals surface area contributed by atoms with Gasteiger partial charge >= 0.3 is 12.1 Å². The lowest BCUT2D eigenvalue weighted by atomic mass is 9.95. The summed E-state index contributed by atoms with van der Waals surface area (Å²) >= 11 is 0. The summed E-state index contributed by atoms with van der Waals surface area (Å²) in [5.74, 6) is 0.120. The highest BCUT2D eigenvalue weighted by Gasteiger charge is 2.31. The lowest BCUT2D eigenvalue weighted by Crippen LogP contribution is -2.09. The second-order valence-corrected chi connectivity index (χ2v) is 8.24. The fourth-order valence-electron chi connectivity index (χ4n) is 3.95. The molecule has 0 saturated heterocycles. The molecule has 0 aliphatic heterocycles. The largest absolute Gasteiger partial charge is 0.493 e. The summed E-state index contributed by atoms with van der Waals surface area (Å²) < 4.78 is 51.3. The molecule has 2 aromatic heterocycles. The van der Waals surface area contributed by atoms with Crippen LogP contribution in [0.3, 0.4) is 0 Å². The molecule has 3 rings (SSSR count). The van der Waals surface area contributed by atoms with Crippen molar-refractivity contribution in [3.05, 3.63) is 59.2 Å². The third-order valence-electron chi connectivity index (χ3n) is 5.82. The lowest BCUT2D eigenvalue weighted by Gasteiger charge is -2.15. The van der Waals surface area contributed by atoms with Gasteiger partial charge in [0.25, 0.3) is 0 Å². The number of carbonyl (C=O) groups is 1. The zero-order valence-electron chi connectivity index (χ0n) is 20.4. The van der Waals surface area contributed by atoms with Crippen LogP contribution in [0.4, 0.5) is 13.2 Å². The molecule has 194 valence electrons. The molecular formula is C25H29F3N4O4. The third-order valence-corrected chi connectivity index (χ3v) is 5.82. The van der Waals surface area contributed by atoms with E-state index in [9.17, 15) is 23.1 Å². The number of nitrogens with zero attached hydrogens (tertiary/aromatic N) is 4. The first kappa shape index (κ1) is 27.0. The molecule has 1 aromatic carbocycles. The van der Waals surface area contributed by atoms with Crippen molar-refractivity contribution in [2.24, 2.45) is 0 Å². The number of aryl methyl sites for hydroxylation is 1. The zero-order valence-corrected chi connectivity index (χ0v) is 20.4. The Hall–Kier alpha value is -3.63. The molecule has 0 aliphatic rings. The highest BCUT2D eigenvalue weighted by Crippen LogP contribution is 2.32. The molecule has 36 heavy (non-hydrogen) atoms. The van der Waals surface area contributed by atoms with Gasteiger partial charge in [-0.05, 0) is 37.3 Å². The first-order valence-corrected chi connectivity index (χ1v) is 11.7. The van der Waals surface area contributed by atoms with Gasteiger partial charge in [-0.1, -0.05) is 26.0 Å². The van der Waals surface area contributed by atoms with Crippen molar-refractivity contribution in [2.75, 3.05) is 13.7 Å². The van der Waals surface area contributed by atoms with Gasteiger partial charge in [-0.25, -0.2) is 14.6 Å². The number of para-hydroxylation sites is 1. The number of aliphatic carboxylic acids is 1. The van der Waals surface area contributed by atoms with Gasteiger partial charge in [-0.3, -0.25) is 4.79 Å². The molecule has 0 bridgehead atoms. The smallest absolute Gasteiger partial charge is 0.419 e. The van der Waals surface area contributed by atoms with E-state index in [1.807, 2.05) is 0 Å². The molecule has 0 aliphatic carbocycles. The number of hydrogen-bond acceptors (Lipinski definition) is 6. The van der Waals surface area contributed by atoms with Crippen LogP contribution in [-0.2, 0) is 23.8 Å². The number of alkyl halides is 3. The van der Waals surface area contributed by atoms with Crippen molar-refractivity contribution in [3.63, 3.8) is 0 Å². The minimum absolute atomic E-state index is 0.0602.